The molecule has 1 amide bonds. The van der Waals surface area contributed by atoms with Gasteiger partial charge in [0.25, 0.3) is 0 Å². The average molecular weight is 280 g/mol. The minimum atomic E-state index is 0.101. The molecular weight excluding hydrogens is 256 g/mol. The van der Waals surface area contributed by atoms with Crippen LogP contribution in [0, 0.1) is 13.8 Å². The first-order valence-electron chi connectivity index (χ1n) is 6.81. The predicted molar refractivity (Wildman–Crippen MR) is 82.8 cm³/mol. The van der Waals surface area contributed by atoms with Gasteiger partial charge in [0.2, 0.25) is 5.91 Å². The molecule has 3 nitrogen and oxygen atoms in total. The summed E-state index contributed by atoms with van der Waals surface area (Å²) in [4.78, 5) is 12.9. The Bertz CT molecular complexity index is 407. The van der Waals surface area contributed by atoms with Gasteiger partial charge in [-0.2, -0.15) is 0 Å². The monoisotopic (exact) mass is 280 g/mol. The van der Waals surface area contributed by atoms with E-state index in [-0.39, 0.29) is 5.91 Å². The van der Waals surface area contributed by atoms with Gasteiger partial charge in [0, 0.05) is 18.0 Å². The minimum absolute atomic E-state index is 0.101. The van der Waals surface area contributed by atoms with E-state index < -0.39 is 0 Å². The van der Waals surface area contributed by atoms with E-state index in [4.69, 9.17) is 0 Å². The van der Waals surface area contributed by atoms with Gasteiger partial charge in [-0.3, -0.25) is 4.79 Å². The third kappa shape index (κ3) is 6.64. The van der Waals surface area contributed by atoms with E-state index in [1.54, 1.807) is 11.8 Å². The average Bonchev–Trinajstić information content (AvgIpc) is 2.39. The molecule has 19 heavy (non-hydrogen) atoms. The van der Waals surface area contributed by atoms with E-state index in [0.29, 0.717) is 12.3 Å². The lowest BCUT2D eigenvalue weighted by molar-refractivity contribution is -0.118. The second kappa shape index (κ2) is 8.99. The zero-order chi connectivity index (χ0) is 14.1. The van der Waals surface area contributed by atoms with Crippen LogP contribution in [0.5, 0.6) is 0 Å². The Morgan fingerprint density at radius 2 is 2.00 bits per heavy atom. The highest BCUT2D eigenvalue weighted by atomic mass is 32.2. The summed E-state index contributed by atoms with van der Waals surface area (Å²) in [7, 11) is 0. The predicted octanol–water partition coefficient (Wildman–Crippen LogP) is 2.51. The first-order chi connectivity index (χ1) is 9.13. The molecule has 0 aliphatic heterocycles. The lowest BCUT2D eigenvalue weighted by Gasteiger charge is -2.08. The fourth-order valence-corrected chi connectivity index (χ4v) is 2.60. The molecule has 2 N–H and O–H groups in total. The van der Waals surface area contributed by atoms with E-state index >= 15 is 0 Å². The van der Waals surface area contributed by atoms with Crippen molar-refractivity contribution in [3.05, 3.63) is 29.3 Å². The van der Waals surface area contributed by atoms with Gasteiger partial charge in [0.1, 0.15) is 0 Å². The standard InChI is InChI=1S/C15H24N2OS/c1-4-7-16-8-9-17-15(18)11-19-14-10-12(2)5-6-13(14)3/h5-6,10,16H,4,7-9,11H2,1-3H3,(H,17,18). The van der Waals surface area contributed by atoms with Gasteiger partial charge in [0.05, 0.1) is 5.75 Å². The molecule has 0 radical (unpaired) electrons. The number of hydrogen-bond donors (Lipinski definition) is 2. The molecule has 0 aliphatic carbocycles. The van der Waals surface area contributed by atoms with E-state index in [1.807, 2.05) is 0 Å². The number of amides is 1. The fourth-order valence-electron chi connectivity index (χ4n) is 1.65. The molecule has 106 valence electrons. The van der Waals surface area contributed by atoms with Crippen molar-refractivity contribution < 1.29 is 4.79 Å². The first kappa shape index (κ1) is 16.1. The first-order valence-corrected chi connectivity index (χ1v) is 7.79. The van der Waals surface area contributed by atoms with Gasteiger partial charge in [0.15, 0.2) is 0 Å². The van der Waals surface area contributed by atoms with Gasteiger partial charge in [-0.1, -0.05) is 24.6 Å². The second-order valence-corrected chi connectivity index (χ2v) is 5.67. The van der Waals surface area contributed by atoms with Crippen LogP contribution in [0.25, 0.3) is 0 Å². The number of nitrogens with one attached hydrogen (secondary N) is 2. The van der Waals surface area contributed by atoms with Crippen molar-refractivity contribution in [2.24, 2.45) is 0 Å². The summed E-state index contributed by atoms with van der Waals surface area (Å²) in [6.07, 6.45) is 1.12. The van der Waals surface area contributed by atoms with Gasteiger partial charge < -0.3 is 10.6 Å². The summed E-state index contributed by atoms with van der Waals surface area (Å²) in [6.45, 7) is 8.83. The molecule has 1 aromatic carbocycles. The van der Waals surface area contributed by atoms with E-state index in [9.17, 15) is 4.79 Å². The number of carbonyl (C=O) groups is 1. The molecule has 0 aromatic heterocycles. The molecule has 0 saturated heterocycles. The van der Waals surface area contributed by atoms with Crippen LogP contribution in [0.4, 0.5) is 0 Å². The fraction of sp³-hybridized carbons (Fsp3) is 0.533. The number of aryl methyl sites for hydroxylation is 2. The molecule has 1 rings (SSSR count). The van der Waals surface area contributed by atoms with Crippen LogP contribution in [0.3, 0.4) is 0 Å². The molecule has 0 bridgehead atoms. The van der Waals surface area contributed by atoms with Crippen LogP contribution in [-0.4, -0.2) is 31.3 Å². The van der Waals surface area contributed by atoms with E-state index in [2.05, 4.69) is 49.6 Å². The second-order valence-electron chi connectivity index (χ2n) is 4.66. The number of thioether (sulfide) groups is 1. The Balaban J connectivity index is 2.24. The summed E-state index contributed by atoms with van der Waals surface area (Å²) in [5, 5.41) is 6.18. The Hall–Kier alpha value is -1.00. The normalized spacial score (nSPS) is 10.5. The van der Waals surface area contributed by atoms with Crippen molar-refractivity contribution in [3.63, 3.8) is 0 Å². The Labute approximate surface area is 120 Å². The number of hydrogen-bond acceptors (Lipinski definition) is 3. The zero-order valence-corrected chi connectivity index (χ0v) is 12.9. The van der Waals surface area contributed by atoms with Crippen LogP contribution >= 0.6 is 11.8 Å². The van der Waals surface area contributed by atoms with Crippen LogP contribution in [0.2, 0.25) is 0 Å². The van der Waals surface area contributed by atoms with Crippen molar-refractivity contribution in [1.82, 2.24) is 10.6 Å². The maximum Gasteiger partial charge on any atom is 0.230 e. The summed E-state index contributed by atoms with van der Waals surface area (Å²) in [5.41, 5.74) is 2.46. The summed E-state index contributed by atoms with van der Waals surface area (Å²) < 4.78 is 0. The Morgan fingerprint density at radius 3 is 2.74 bits per heavy atom. The Kier molecular flexibility index (Phi) is 7.60. The van der Waals surface area contributed by atoms with Gasteiger partial charge in [-0.15, -0.1) is 11.8 Å². The van der Waals surface area contributed by atoms with Crippen LogP contribution in [-0.2, 0) is 4.79 Å². The number of rotatable bonds is 8. The lowest BCUT2D eigenvalue weighted by atomic mass is 10.2. The van der Waals surface area contributed by atoms with Crippen molar-refractivity contribution in [2.45, 2.75) is 32.1 Å². The highest BCUT2D eigenvalue weighted by Gasteiger charge is 2.04. The number of carbonyl (C=O) groups excluding carboxylic acids is 1. The van der Waals surface area contributed by atoms with Crippen molar-refractivity contribution in [1.29, 1.82) is 0 Å². The molecule has 0 atom stereocenters. The molecule has 0 unspecified atom stereocenters. The van der Waals surface area contributed by atoms with E-state index in [0.717, 1.165) is 19.5 Å². The summed E-state index contributed by atoms with van der Waals surface area (Å²) in [6, 6.07) is 6.33. The van der Waals surface area contributed by atoms with Crippen LogP contribution in [0.15, 0.2) is 23.1 Å². The van der Waals surface area contributed by atoms with Crippen molar-refractivity contribution in [3.8, 4) is 0 Å². The molecular formula is C15H24N2OS. The minimum Gasteiger partial charge on any atom is -0.354 e. The topological polar surface area (TPSA) is 41.1 Å². The SMILES string of the molecule is CCCNCCNC(=O)CSc1cc(C)ccc1C. The molecule has 0 fully saturated rings. The quantitative estimate of drug-likeness (QED) is 0.568. The third-order valence-electron chi connectivity index (χ3n) is 2.75. The lowest BCUT2D eigenvalue weighted by Crippen LogP contribution is -2.33. The molecule has 1 aromatic rings. The Morgan fingerprint density at radius 1 is 1.21 bits per heavy atom. The maximum atomic E-state index is 11.7. The molecule has 0 spiro atoms. The maximum absolute atomic E-state index is 11.7. The van der Waals surface area contributed by atoms with Gasteiger partial charge >= 0.3 is 0 Å². The summed E-state index contributed by atoms with van der Waals surface area (Å²) in [5.74, 6) is 0.585. The summed E-state index contributed by atoms with van der Waals surface area (Å²) >= 11 is 1.61. The highest BCUT2D eigenvalue weighted by Crippen LogP contribution is 2.23. The van der Waals surface area contributed by atoms with Crippen molar-refractivity contribution >= 4 is 17.7 Å². The molecule has 0 aliphatic rings. The van der Waals surface area contributed by atoms with Gasteiger partial charge in [-0.05, 0) is 38.4 Å². The van der Waals surface area contributed by atoms with E-state index in [1.165, 1.54) is 16.0 Å². The van der Waals surface area contributed by atoms with Crippen molar-refractivity contribution in [2.75, 3.05) is 25.4 Å². The molecule has 4 heteroatoms. The molecule has 0 saturated carbocycles. The zero-order valence-electron chi connectivity index (χ0n) is 12.1. The molecule has 0 heterocycles. The van der Waals surface area contributed by atoms with Crippen LogP contribution < -0.4 is 10.6 Å². The smallest absolute Gasteiger partial charge is 0.230 e. The number of benzene rings is 1. The largest absolute Gasteiger partial charge is 0.354 e. The third-order valence-corrected chi connectivity index (χ3v) is 3.91. The van der Waals surface area contributed by atoms with Gasteiger partial charge in [-0.25, -0.2) is 0 Å². The van der Waals surface area contributed by atoms with Crippen LogP contribution in [0.1, 0.15) is 24.5 Å². The highest BCUT2D eigenvalue weighted by molar-refractivity contribution is 8.00.